The number of hydrogen-bond donors (Lipinski definition) is 1. The van der Waals surface area contributed by atoms with E-state index in [0.717, 1.165) is 21.1 Å². The van der Waals surface area contributed by atoms with Crippen LogP contribution in [0.4, 0.5) is 5.82 Å². The van der Waals surface area contributed by atoms with Crippen molar-refractivity contribution in [3.05, 3.63) is 21.9 Å². The van der Waals surface area contributed by atoms with Gasteiger partial charge in [-0.25, -0.2) is 9.97 Å². The molecule has 1 aliphatic heterocycles. The molecular weight excluding hydrogens is 391 g/mol. The van der Waals surface area contributed by atoms with Gasteiger partial charge in [0.2, 0.25) is 0 Å². The zero-order valence-corrected chi connectivity index (χ0v) is 14.9. The lowest BCUT2D eigenvalue weighted by Gasteiger charge is -2.45. The van der Waals surface area contributed by atoms with Gasteiger partial charge in [-0.05, 0) is 42.5 Å². The average Bonchev–Trinajstić information content (AvgIpc) is 2.78. The zero-order chi connectivity index (χ0) is 15.3. The summed E-state index contributed by atoms with van der Waals surface area (Å²) in [5.74, 6) is 2.27. The van der Waals surface area contributed by atoms with Crippen molar-refractivity contribution < 1.29 is 0 Å². The highest BCUT2D eigenvalue weighted by Gasteiger charge is 2.37. The first-order valence-corrected chi connectivity index (χ1v) is 8.92. The predicted octanol–water partition coefficient (Wildman–Crippen LogP) is 1.41. The predicted molar refractivity (Wildman–Crippen MR) is 94.9 cm³/mol. The number of nitrogens with zero attached hydrogens (tertiary/aromatic N) is 5. The van der Waals surface area contributed by atoms with Gasteiger partial charge in [-0.3, -0.25) is 9.30 Å². The Labute approximate surface area is 143 Å². The Morgan fingerprint density at radius 3 is 2.68 bits per heavy atom. The highest BCUT2D eigenvalue weighted by molar-refractivity contribution is 14.1. The van der Waals surface area contributed by atoms with E-state index in [2.05, 4.69) is 48.8 Å². The summed E-state index contributed by atoms with van der Waals surface area (Å²) in [6, 6.07) is 0.725. The SMILES string of the molecule is CN1CCN(C2CC(c3nc(I)c4c(N)nccn34)C2)CC1. The summed E-state index contributed by atoms with van der Waals surface area (Å²) in [6.07, 6.45) is 6.17. The van der Waals surface area contributed by atoms with Crippen molar-refractivity contribution in [3.63, 3.8) is 0 Å². The van der Waals surface area contributed by atoms with E-state index in [4.69, 9.17) is 10.7 Å². The summed E-state index contributed by atoms with van der Waals surface area (Å²) in [5.41, 5.74) is 6.96. The van der Waals surface area contributed by atoms with Gasteiger partial charge in [0.05, 0.1) is 0 Å². The number of piperazine rings is 1. The second kappa shape index (κ2) is 5.61. The van der Waals surface area contributed by atoms with E-state index >= 15 is 0 Å². The molecule has 0 unspecified atom stereocenters. The Balaban J connectivity index is 1.50. The van der Waals surface area contributed by atoms with Crippen LogP contribution in [-0.2, 0) is 0 Å². The highest BCUT2D eigenvalue weighted by Crippen LogP contribution is 2.40. The zero-order valence-electron chi connectivity index (χ0n) is 12.7. The summed E-state index contributed by atoms with van der Waals surface area (Å²) in [5, 5.41) is 0. The summed E-state index contributed by atoms with van der Waals surface area (Å²) in [6.45, 7) is 4.77. The number of imidazole rings is 1. The van der Waals surface area contributed by atoms with E-state index in [0.29, 0.717) is 11.7 Å². The molecule has 0 bridgehead atoms. The van der Waals surface area contributed by atoms with E-state index in [-0.39, 0.29) is 0 Å². The van der Waals surface area contributed by atoms with Crippen LogP contribution in [0.3, 0.4) is 0 Å². The Kier molecular flexibility index (Phi) is 3.74. The quantitative estimate of drug-likeness (QED) is 0.756. The third-order valence-corrected chi connectivity index (χ3v) is 5.85. The molecule has 2 fully saturated rings. The van der Waals surface area contributed by atoms with Gasteiger partial charge in [0.15, 0.2) is 5.82 Å². The number of hydrogen-bond acceptors (Lipinski definition) is 5. The Bertz CT molecular complexity index is 685. The van der Waals surface area contributed by atoms with Gasteiger partial charge in [0.25, 0.3) is 0 Å². The third-order valence-electron chi connectivity index (χ3n) is 5.10. The number of aromatic nitrogens is 3. The molecule has 3 heterocycles. The van der Waals surface area contributed by atoms with Gasteiger partial charge >= 0.3 is 0 Å². The van der Waals surface area contributed by atoms with Crippen LogP contribution in [0.1, 0.15) is 24.6 Å². The molecule has 0 radical (unpaired) electrons. The van der Waals surface area contributed by atoms with E-state index in [1.165, 1.54) is 39.0 Å². The maximum absolute atomic E-state index is 6.00. The first-order chi connectivity index (χ1) is 10.6. The number of nitrogen functional groups attached to an aromatic ring is 1. The minimum atomic E-state index is 0.544. The van der Waals surface area contributed by atoms with Crippen LogP contribution >= 0.6 is 22.6 Å². The fraction of sp³-hybridized carbons (Fsp3) is 0.600. The van der Waals surface area contributed by atoms with E-state index in [1.54, 1.807) is 6.20 Å². The lowest BCUT2D eigenvalue weighted by atomic mass is 9.78. The van der Waals surface area contributed by atoms with Crippen molar-refractivity contribution in [2.24, 2.45) is 0 Å². The maximum Gasteiger partial charge on any atom is 0.150 e. The number of likely N-dealkylation sites (N-methyl/N-ethyl adjacent to an activating group) is 1. The highest BCUT2D eigenvalue weighted by atomic mass is 127. The first kappa shape index (κ1) is 14.6. The minimum absolute atomic E-state index is 0.544. The topological polar surface area (TPSA) is 62.7 Å². The van der Waals surface area contributed by atoms with Crippen LogP contribution < -0.4 is 5.73 Å². The molecule has 1 saturated carbocycles. The van der Waals surface area contributed by atoms with E-state index in [1.807, 2.05) is 6.20 Å². The van der Waals surface area contributed by atoms with Crippen molar-refractivity contribution in [2.75, 3.05) is 39.0 Å². The molecule has 2 aliphatic rings. The Morgan fingerprint density at radius 1 is 1.23 bits per heavy atom. The van der Waals surface area contributed by atoms with E-state index in [9.17, 15) is 0 Å². The lowest BCUT2D eigenvalue weighted by molar-refractivity contribution is 0.0586. The van der Waals surface area contributed by atoms with Crippen LogP contribution in [0.25, 0.3) is 5.52 Å². The van der Waals surface area contributed by atoms with Crippen molar-refractivity contribution in [1.29, 1.82) is 0 Å². The number of nitrogens with two attached hydrogens (primary N) is 1. The second-order valence-corrected chi connectivity index (χ2v) is 7.48. The smallest absolute Gasteiger partial charge is 0.150 e. The second-order valence-electron chi connectivity index (χ2n) is 6.45. The van der Waals surface area contributed by atoms with Crippen LogP contribution in [0.15, 0.2) is 12.4 Å². The molecule has 1 saturated heterocycles. The van der Waals surface area contributed by atoms with Gasteiger partial charge in [0.1, 0.15) is 15.0 Å². The lowest BCUT2D eigenvalue weighted by Crippen LogP contribution is -2.52. The van der Waals surface area contributed by atoms with Crippen LogP contribution in [0.2, 0.25) is 0 Å². The largest absolute Gasteiger partial charge is 0.382 e. The fourth-order valence-electron chi connectivity index (χ4n) is 3.61. The van der Waals surface area contributed by atoms with Crippen LogP contribution in [-0.4, -0.2) is 63.4 Å². The Hall–Kier alpha value is -0.930. The minimum Gasteiger partial charge on any atom is -0.382 e. The van der Waals surface area contributed by atoms with Gasteiger partial charge in [0, 0.05) is 50.5 Å². The monoisotopic (exact) mass is 412 g/mol. The molecule has 0 spiro atoms. The van der Waals surface area contributed by atoms with Gasteiger partial charge < -0.3 is 10.6 Å². The first-order valence-electron chi connectivity index (χ1n) is 7.84. The van der Waals surface area contributed by atoms with Crippen molar-refractivity contribution in [2.45, 2.75) is 24.8 Å². The third kappa shape index (κ3) is 2.39. The van der Waals surface area contributed by atoms with Crippen molar-refractivity contribution in [3.8, 4) is 0 Å². The molecule has 1 aliphatic carbocycles. The van der Waals surface area contributed by atoms with Crippen molar-refractivity contribution in [1.82, 2.24) is 24.2 Å². The average molecular weight is 412 g/mol. The molecule has 4 rings (SSSR count). The maximum atomic E-state index is 6.00. The molecular formula is C15H21IN6. The number of rotatable bonds is 2. The van der Waals surface area contributed by atoms with E-state index < -0.39 is 0 Å². The van der Waals surface area contributed by atoms with Crippen LogP contribution in [0, 0.1) is 3.70 Å². The molecule has 0 aromatic carbocycles. The number of halogens is 1. The number of fused-ring (bicyclic) bond motifs is 1. The normalized spacial score (nSPS) is 27.2. The summed E-state index contributed by atoms with van der Waals surface area (Å²) in [4.78, 5) is 14.0. The summed E-state index contributed by atoms with van der Waals surface area (Å²) >= 11 is 2.26. The van der Waals surface area contributed by atoms with Gasteiger partial charge in [-0.15, -0.1) is 0 Å². The van der Waals surface area contributed by atoms with Crippen LogP contribution in [0.5, 0.6) is 0 Å². The summed E-state index contributed by atoms with van der Waals surface area (Å²) in [7, 11) is 2.21. The molecule has 0 amide bonds. The molecule has 7 heteroatoms. The van der Waals surface area contributed by atoms with Gasteiger partial charge in [-0.1, -0.05) is 0 Å². The fourth-order valence-corrected chi connectivity index (χ4v) is 4.40. The molecule has 2 N–H and O–H groups in total. The molecule has 118 valence electrons. The van der Waals surface area contributed by atoms with Gasteiger partial charge in [-0.2, -0.15) is 0 Å². The van der Waals surface area contributed by atoms with Crippen molar-refractivity contribution >= 4 is 33.9 Å². The Morgan fingerprint density at radius 2 is 1.95 bits per heavy atom. The molecule has 22 heavy (non-hydrogen) atoms. The molecule has 2 aromatic heterocycles. The molecule has 0 atom stereocenters. The summed E-state index contributed by atoms with van der Waals surface area (Å²) < 4.78 is 3.09. The standard InChI is InChI=1S/C15H21IN6/c1-20-4-6-21(7-5-20)11-8-10(9-11)15-19-13(16)12-14(17)18-2-3-22(12)15/h2-3,10-11H,4-9H2,1H3,(H2,17,18). The molecule has 2 aromatic rings. The molecule has 6 nitrogen and oxygen atoms in total. The number of anilines is 1.